The number of unbranched alkanes of at least 4 members (excludes halogenated alkanes) is 8. The molecule has 0 aliphatic rings. The van der Waals surface area contributed by atoms with Crippen molar-refractivity contribution in [3.63, 3.8) is 0 Å². The Hall–Kier alpha value is -3.19. The van der Waals surface area contributed by atoms with E-state index in [2.05, 4.69) is 25.6 Å². The molecule has 0 unspecified atom stereocenters. The summed E-state index contributed by atoms with van der Waals surface area (Å²) in [7, 11) is 0. The summed E-state index contributed by atoms with van der Waals surface area (Å²) in [4.78, 5) is 23.9. The molecule has 0 spiro atoms. The van der Waals surface area contributed by atoms with Gasteiger partial charge in [-0.05, 0) is 37.1 Å². The smallest absolute Gasteiger partial charge is 0.280 e. The minimum absolute atomic E-state index is 0.0191. The van der Waals surface area contributed by atoms with E-state index in [0.717, 1.165) is 38.6 Å². The molecule has 0 fully saturated rings. The first-order valence-corrected chi connectivity index (χ1v) is 13.6. The first-order valence-electron chi connectivity index (χ1n) is 13.2. The van der Waals surface area contributed by atoms with E-state index in [1.54, 1.807) is 12.1 Å². The Kier molecular flexibility index (Phi) is 14.3. The van der Waals surface area contributed by atoms with Crippen molar-refractivity contribution in [2.75, 3.05) is 31.1 Å². The van der Waals surface area contributed by atoms with Crippen LogP contribution in [0.1, 0.15) is 85.5 Å². The molecule has 0 aliphatic carbocycles. The van der Waals surface area contributed by atoms with Crippen LogP contribution in [0.25, 0.3) is 0 Å². The Morgan fingerprint density at radius 1 is 1.00 bits per heavy atom. The number of aromatic nitrogens is 2. The van der Waals surface area contributed by atoms with Gasteiger partial charge in [0.15, 0.2) is 28.4 Å². The molecular weight excluding hydrogens is 524 g/mol. The van der Waals surface area contributed by atoms with Crippen molar-refractivity contribution < 1.29 is 20.1 Å². The van der Waals surface area contributed by atoms with Gasteiger partial charge in [0, 0.05) is 18.7 Å². The summed E-state index contributed by atoms with van der Waals surface area (Å²) in [5.41, 5.74) is 17.8. The van der Waals surface area contributed by atoms with Crippen LogP contribution in [-0.2, 0) is 6.61 Å². The number of aromatic hydroxyl groups is 1. The van der Waals surface area contributed by atoms with Crippen LogP contribution in [0.5, 0.6) is 5.75 Å². The molecule has 0 radical (unpaired) electrons. The summed E-state index contributed by atoms with van der Waals surface area (Å²) < 4.78 is 0. The van der Waals surface area contributed by atoms with E-state index in [0.29, 0.717) is 24.2 Å². The fourth-order valence-electron chi connectivity index (χ4n) is 3.92. The zero-order valence-electron chi connectivity index (χ0n) is 22.2. The second kappa shape index (κ2) is 17.4. The van der Waals surface area contributed by atoms with Crippen molar-refractivity contribution in [3.05, 3.63) is 40.2 Å². The Labute approximate surface area is 234 Å². The third kappa shape index (κ3) is 11.6. The Morgan fingerprint density at radius 3 is 2.31 bits per heavy atom. The maximum atomic E-state index is 12.2. The van der Waals surface area contributed by atoms with Crippen molar-refractivity contribution in [2.24, 2.45) is 10.7 Å². The molecule has 13 heteroatoms. The fourth-order valence-corrected chi connectivity index (χ4v) is 4.05. The van der Waals surface area contributed by atoms with Gasteiger partial charge in [0.2, 0.25) is 0 Å². The van der Waals surface area contributed by atoms with Gasteiger partial charge in [-0.1, -0.05) is 62.6 Å². The molecule has 1 aromatic carbocycles. The van der Waals surface area contributed by atoms with E-state index < -0.39 is 12.0 Å². The molecule has 1 aromatic heterocycles. The predicted molar refractivity (Wildman–Crippen MR) is 153 cm³/mol. The number of aliphatic hydroxyl groups excluding tert-OH is 2. The molecule has 39 heavy (non-hydrogen) atoms. The molecule has 12 nitrogen and oxygen atoms in total. The first-order chi connectivity index (χ1) is 18.7. The summed E-state index contributed by atoms with van der Waals surface area (Å²) >= 11 is 5.79. The Balaban J connectivity index is 1.44. The van der Waals surface area contributed by atoms with E-state index in [1.165, 1.54) is 31.7 Å². The number of guanidine groups is 1. The number of amides is 1. The zero-order valence-corrected chi connectivity index (χ0v) is 23.0. The highest BCUT2D eigenvalue weighted by Crippen LogP contribution is 2.22. The lowest BCUT2D eigenvalue weighted by Crippen LogP contribution is -2.38. The number of nitrogens with two attached hydrogens (primary N) is 3. The van der Waals surface area contributed by atoms with Crippen LogP contribution in [0.2, 0.25) is 5.15 Å². The molecule has 216 valence electrons. The van der Waals surface area contributed by atoms with Gasteiger partial charge in [0.1, 0.15) is 5.75 Å². The number of aliphatic imine (C=N–C) groups is 1. The van der Waals surface area contributed by atoms with E-state index >= 15 is 0 Å². The molecule has 2 rings (SSSR count). The molecule has 1 atom stereocenters. The normalized spacial score (nSPS) is 12.4. The Morgan fingerprint density at radius 2 is 1.64 bits per heavy atom. The zero-order chi connectivity index (χ0) is 28.6. The third-order valence-corrected chi connectivity index (χ3v) is 6.43. The molecule has 0 saturated carbocycles. The molecule has 2 aromatic rings. The van der Waals surface area contributed by atoms with Crippen molar-refractivity contribution in [2.45, 2.75) is 70.5 Å². The van der Waals surface area contributed by atoms with Gasteiger partial charge in [-0.25, -0.2) is 9.97 Å². The maximum absolute atomic E-state index is 12.2. The van der Waals surface area contributed by atoms with Gasteiger partial charge in [0.05, 0.1) is 12.7 Å². The van der Waals surface area contributed by atoms with Crippen LogP contribution in [0.4, 0.5) is 11.6 Å². The van der Waals surface area contributed by atoms with Crippen molar-refractivity contribution in [3.8, 4) is 5.75 Å². The Bertz CT molecular complexity index is 1090. The maximum Gasteiger partial charge on any atom is 0.280 e. The van der Waals surface area contributed by atoms with E-state index in [9.17, 15) is 20.1 Å². The van der Waals surface area contributed by atoms with Crippen molar-refractivity contribution >= 4 is 35.1 Å². The second-order valence-electron chi connectivity index (χ2n) is 9.30. The number of benzene rings is 1. The summed E-state index contributed by atoms with van der Waals surface area (Å²) in [5.74, 6) is -0.833. The number of carbonyl (C=O) groups is 1. The average molecular weight is 565 g/mol. The molecular formula is C26H41ClN8O4. The van der Waals surface area contributed by atoms with E-state index in [-0.39, 0.29) is 40.8 Å². The van der Waals surface area contributed by atoms with Gasteiger partial charge in [-0.15, -0.1) is 0 Å². The highest BCUT2D eigenvalue weighted by atomic mass is 35.5. The SMILES string of the molecule is NC(=NCCCCCCCCCCCNC[C@H](O)c1ccc(O)c(CO)c1)NC(=O)c1nc(Cl)c(N)nc1N. The lowest BCUT2D eigenvalue weighted by Gasteiger charge is -2.14. The summed E-state index contributed by atoms with van der Waals surface area (Å²) in [6.07, 6.45) is 9.24. The number of halogens is 1. The monoisotopic (exact) mass is 564 g/mol. The van der Waals surface area contributed by atoms with Crippen LogP contribution < -0.4 is 27.8 Å². The molecule has 1 heterocycles. The number of nitrogens with one attached hydrogen (secondary N) is 2. The number of nitrogen functional groups attached to an aromatic ring is 2. The van der Waals surface area contributed by atoms with Crippen molar-refractivity contribution in [1.29, 1.82) is 0 Å². The quantitative estimate of drug-likeness (QED) is 0.0796. The number of aliphatic hydroxyl groups is 2. The molecule has 0 aliphatic heterocycles. The predicted octanol–water partition coefficient (Wildman–Crippen LogP) is 2.37. The van der Waals surface area contributed by atoms with Gasteiger partial charge in [-0.3, -0.25) is 15.1 Å². The summed E-state index contributed by atoms with van der Waals surface area (Å²) in [6, 6.07) is 4.78. The second-order valence-corrected chi connectivity index (χ2v) is 9.66. The number of phenols is 1. The van der Waals surface area contributed by atoms with Gasteiger partial charge in [0.25, 0.3) is 5.91 Å². The topological polar surface area (TPSA) is 218 Å². The molecule has 0 bridgehead atoms. The largest absolute Gasteiger partial charge is 0.508 e. The van der Waals surface area contributed by atoms with Crippen LogP contribution >= 0.6 is 11.6 Å². The summed E-state index contributed by atoms with van der Waals surface area (Å²) in [5, 5.41) is 34.7. The number of hydrogen-bond donors (Lipinski definition) is 8. The summed E-state index contributed by atoms with van der Waals surface area (Å²) in [6.45, 7) is 1.51. The number of hydrogen-bond acceptors (Lipinski definition) is 10. The molecule has 11 N–H and O–H groups in total. The lowest BCUT2D eigenvalue weighted by molar-refractivity contribution is 0.0972. The number of nitrogens with zero attached hydrogens (tertiary/aromatic N) is 3. The van der Waals surface area contributed by atoms with Gasteiger partial charge < -0.3 is 37.8 Å². The first kappa shape index (κ1) is 32.0. The minimum Gasteiger partial charge on any atom is -0.508 e. The minimum atomic E-state index is -0.680. The van der Waals surface area contributed by atoms with Crippen LogP contribution in [-0.4, -0.2) is 56.8 Å². The van der Waals surface area contributed by atoms with Gasteiger partial charge in [-0.2, -0.15) is 0 Å². The van der Waals surface area contributed by atoms with Crippen molar-refractivity contribution in [1.82, 2.24) is 20.6 Å². The molecule has 1 amide bonds. The lowest BCUT2D eigenvalue weighted by atomic mass is 10.1. The molecule has 0 saturated heterocycles. The van der Waals surface area contributed by atoms with Crippen LogP contribution in [0.3, 0.4) is 0 Å². The van der Waals surface area contributed by atoms with Gasteiger partial charge >= 0.3 is 0 Å². The third-order valence-electron chi connectivity index (χ3n) is 6.15. The van der Waals surface area contributed by atoms with Crippen LogP contribution in [0.15, 0.2) is 23.2 Å². The number of anilines is 2. The fraction of sp³-hybridized carbons (Fsp3) is 0.538. The van der Waals surface area contributed by atoms with E-state index in [4.69, 9.17) is 28.8 Å². The number of carbonyl (C=O) groups excluding carboxylic acids is 1. The van der Waals surface area contributed by atoms with Crippen LogP contribution in [0, 0.1) is 0 Å². The standard InChI is InChI=1S/C26H41ClN8O4/c27-22-24(29)34-23(28)21(33-22)25(39)35-26(30)32-13-9-7-5-3-1-2-4-6-8-12-31-15-20(38)17-10-11-19(37)18(14-17)16-36/h10-11,14,20,31,36-38H,1-9,12-13,15-16H2,(H4,28,29,34)(H3,30,32,35,39)/t20-/m0/s1. The number of rotatable bonds is 17. The highest BCUT2D eigenvalue weighted by molar-refractivity contribution is 6.31. The highest BCUT2D eigenvalue weighted by Gasteiger charge is 2.16. The average Bonchev–Trinajstić information content (AvgIpc) is 2.90. The van der Waals surface area contributed by atoms with E-state index in [1.807, 2.05) is 0 Å².